The van der Waals surface area contributed by atoms with Crippen LogP contribution < -0.4 is 4.74 Å². The van der Waals surface area contributed by atoms with Crippen molar-refractivity contribution in [2.45, 2.75) is 99.7 Å². The van der Waals surface area contributed by atoms with Crippen molar-refractivity contribution in [3.8, 4) is 5.06 Å². The van der Waals surface area contributed by atoms with Gasteiger partial charge < -0.3 is 4.74 Å². The number of nitrogens with zero attached hydrogens (tertiary/aromatic N) is 1. The molecule has 1 aromatic heterocycles. The molecule has 6 heteroatoms. The van der Waals surface area contributed by atoms with Crippen molar-refractivity contribution in [3.63, 3.8) is 0 Å². The van der Waals surface area contributed by atoms with Crippen molar-refractivity contribution in [2.75, 3.05) is 0 Å². The Labute approximate surface area is 320 Å². The van der Waals surface area contributed by atoms with Gasteiger partial charge in [0, 0.05) is 137 Å². The summed E-state index contributed by atoms with van der Waals surface area (Å²) in [6.07, 6.45) is 0. The normalized spacial score (nSPS) is 30.2. The molecule has 36 heavy (non-hydrogen) atoms. The van der Waals surface area contributed by atoms with E-state index in [0.717, 1.165) is 21.6 Å². The second-order valence-electron chi connectivity index (χ2n) is 12.3. The molecule has 0 spiro atoms. The van der Waals surface area contributed by atoms with Gasteiger partial charge in [-0.3, -0.25) is 14.5 Å². The van der Waals surface area contributed by atoms with E-state index < -0.39 is 22.5 Å². The maximum Gasteiger partial charge on any atom is 0.308 e. The summed E-state index contributed by atoms with van der Waals surface area (Å²) in [5.74, 6) is -0.793. The zero-order valence-corrected chi connectivity index (χ0v) is 24.3. The van der Waals surface area contributed by atoms with Crippen LogP contribution in [0.5, 0.6) is 5.06 Å². The third-order valence-electron chi connectivity index (χ3n) is 10.3. The van der Waals surface area contributed by atoms with Crippen molar-refractivity contribution in [2.24, 2.45) is 16.7 Å². The number of halogens is 1. The van der Waals surface area contributed by atoms with Gasteiger partial charge in [0.25, 0.3) is 0 Å². The molecule has 1 aromatic carbocycles. The van der Waals surface area contributed by atoms with Gasteiger partial charge in [0.1, 0.15) is 11.4 Å². The fraction of sp³-hybridized carbons (Fsp3) is 0.600. The lowest BCUT2D eigenvalue weighted by molar-refractivity contribution is -0.145. The number of hydrogen-bond acceptors (Lipinski definition) is 5. The van der Waals surface area contributed by atoms with Crippen molar-refractivity contribution in [1.29, 1.82) is 0 Å². The standard InChI is InChI=1S/C30H40FNO3S.60H2/c1-16-12-13-22(31)24(17(16)2)30(11,26(34)29(10)19(4)27(29,6)7)32-15-21-14-23(35-20(5)33)36-25(21)18(3)28(32,8)9;;;;;;;;;;;;;;;;;;;;;;;;;;;;;;;;;;;;;;;;;;;;;;;;;;;;;;;;;;;;/h12-14,18-19H,15H2,1-11H3;60*1H/i14D;7*1+1D;;;;;;;;;;;;;;;;;;;;;;;;;;;;;;;;;;;;;;;;;;;;;;;;;;;;;. The minimum atomic E-state index is -1.29. The highest BCUT2D eigenvalue weighted by molar-refractivity contribution is 7.14. The first-order valence-electron chi connectivity index (χ1n) is 20.3. The average Bonchev–Trinajstić information content (AvgIpc) is 3.36. The van der Waals surface area contributed by atoms with Gasteiger partial charge in [-0.1, -0.05) is 40.7 Å². The van der Waals surface area contributed by atoms with Crippen molar-refractivity contribution in [3.05, 3.63) is 51.1 Å². The van der Waals surface area contributed by atoms with Gasteiger partial charge in [-0.2, -0.15) is 0 Å². The molecular formula is C30H160FNO3S. The first-order valence-corrected chi connectivity index (χ1v) is 13.6. The molecule has 1 aliphatic heterocycles. The largest absolute Gasteiger partial charge is 0.416 e. The zero-order chi connectivity index (χ0) is 42.0. The van der Waals surface area contributed by atoms with Crippen LogP contribution in [0.1, 0.15) is 193 Å². The fourth-order valence-corrected chi connectivity index (χ4v) is 7.92. The Hall–Kier alpha value is -2.05. The molecule has 4 rings (SSSR count). The summed E-state index contributed by atoms with van der Waals surface area (Å²) in [7, 11) is 0. The molecule has 0 amide bonds. The van der Waals surface area contributed by atoms with E-state index in [9.17, 15) is 9.59 Å². The SMILES string of the molecule is [2H][2H].[2H][2H].[2H][2H].[2H][2H].[2H][2H].[2H][2H].[2H][2H].[2H]c1c(OC(C)=O)sc2c1CN(C(C)(C(=O)C1(C)C(C)C1(C)C)c1c(F)ccc(C)c1C)C(C)(C)C2C.[HH].[HH].[HH].[HH].[HH].[HH].[HH].[HH].[HH].[HH].[HH].[HH].[HH].[HH].[HH].[HH].[HH].[HH].[HH].[HH].[HH].[HH].[HH].[HH].[HH].[HH].[HH].[HH].[HH].[HH].[HH].[HH].[HH].[HH].[HH].[HH].[HH].[HH].[HH].[HH].[HH].[HH].[HH].[HH].[HH].[HH].[HH].[HH].[HH].[HH].[HH].[HH].[HH]. The summed E-state index contributed by atoms with van der Waals surface area (Å²) in [6.45, 7) is 22.0. The fourth-order valence-electron chi connectivity index (χ4n) is 6.69. The van der Waals surface area contributed by atoms with Crippen LogP contribution >= 0.6 is 11.3 Å². The molecule has 2 aliphatic rings. The lowest BCUT2D eigenvalue weighted by Gasteiger charge is -2.55. The van der Waals surface area contributed by atoms with E-state index in [-0.39, 0.29) is 122 Å². The van der Waals surface area contributed by atoms with Gasteiger partial charge in [0.15, 0.2) is 10.8 Å². The highest BCUT2D eigenvalue weighted by Gasteiger charge is 2.73. The van der Waals surface area contributed by atoms with Gasteiger partial charge in [-0.15, -0.1) is 11.3 Å². The lowest BCUT2D eigenvalue weighted by atomic mass is 9.69. The van der Waals surface area contributed by atoms with Gasteiger partial charge in [-0.25, -0.2) is 4.39 Å². The highest BCUT2D eigenvalue weighted by atomic mass is 32.1. The molecule has 0 N–H and O–H groups in total. The monoisotopic (exact) mass is 649 g/mol. The van der Waals surface area contributed by atoms with E-state index in [2.05, 4.69) is 46.4 Å². The molecule has 1 saturated carbocycles. The average molecular weight is 650 g/mol. The summed E-state index contributed by atoms with van der Waals surface area (Å²) in [5.41, 5.74) is 0.155. The number of aryl methyl sites for hydroxylation is 1. The predicted octanol–water partition coefficient (Wildman–Crippen LogP) is 22.1. The number of fused-ring (bicyclic) bond motifs is 1. The Morgan fingerprint density at radius 3 is 2.39 bits per heavy atom. The molecule has 0 saturated heterocycles. The Morgan fingerprint density at radius 2 is 1.86 bits per heavy atom. The molecule has 4 unspecified atom stereocenters. The van der Waals surface area contributed by atoms with Crippen LogP contribution in [0.15, 0.2) is 18.2 Å². The van der Waals surface area contributed by atoms with Crippen LogP contribution in [-0.4, -0.2) is 22.2 Å². The maximum atomic E-state index is 15.9. The minimum Gasteiger partial charge on any atom is -0.416 e. The number of carbonyl (C=O) groups excluding carboxylic acids is 2. The Balaban J connectivity index is -0.00000000569. The third kappa shape index (κ3) is 3.47. The number of Topliss-reactive ketones (excluding diaryl/α,β-unsaturated/α-hetero) is 1. The number of benzene rings is 1. The second-order valence-corrected chi connectivity index (χ2v) is 13.3. The van der Waals surface area contributed by atoms with E-state index in [1.807, 2.05) is 27.7 Å². The zero-order valence-electron chi connectivity index (χ0n) is 38.5. The molecule has 1 fully saturated rings. The maximum absolute atomic E-state index is 15.9. The van der Waals surface area contributed by atoms with E-state index in [1.54, 1.807) is 6.07 Å². The van der Waals surface area contributed by atoms with Gasteiger partial charge in [0.05, 0.1) is 1.37 Å². The van der Waals surface area contributed by atoms with Gasteiger partial charge in [-0.05, 0) is 74.8 Å². The summed E-state index contributed by atoms with van der Waals surface area (Å²) >= 11 is 1.33. The van der Waals surface area contributed by atoms with Crippen LogP contribution in [0.2, 0.25) is 0 Å². The quantitative estimate of drug-likeness (QED) is 0.302. The molecule has 4 atom stereocenters. The smallest absolute Gasteiger partial charge is 0.308 e. The molecule has 2 heterocycles. The van der Waals surface area contributed by atoms with Crippen LogP contribution in [0.25, 0.3) is 0 Å². The number of ether oxygens (including phenoxy) is 1. The summed E-state index contributed by atoms with van der Waals surface area (Å²) < 4.78 is 100. The number of ketones is 1. The van der Waals surface area contributed by atoms with Crippen LogP contribution in [0, 0.1) is 36.4 Å². The summed E-state index contributed by atoms with van der Waals surface area (Å²) in [6, 6.07) is 3.40. The third-order valence-corrected chi connectivity index (χ3v) is 11.5. The Kier molecular flexibility index (Phi) is 4.17. The van der Waals surface area contributed by atoms with Crippen LogP contribution in [0.4, 0.5) is 4.39 Å². The first-order chi connectivity index (χ1) is 23.9. The summed E-state index contributed by atoms with van der Waals surface area (Å²) in [5, 5.41) is 0.275. The van der Waals surface area contributed by atoms with Crippen molar-refractivity contribution < 1.29 is 116 Å². The van der Waals surface area contributed by atoms with E-state index in [4.69, 9.17) is 26.9 Å². The molecule has 4 nitrogen and oxygen atoms in total. The van der Waals surface area contributed by atoms with Crippen LogP contribution in [0.3, 0.4) is 0 Å². The summed E-state index contributed by atoms with van der Waals surface area (Å²) in [4.78, 5) is 29.7. The van der Waals surface area contributed by atoms with Crippen molar-refractivity contribution >= 4 is 23.1 Å². The molecule has 0 radical (unpaired) electrons. The highest BCUT2D eigenvalue weighted by Crippen LogP contribution is 2.71. The van der Waals surface area contributed by atoms with E-state index in [0.29, 0.717) is 5.56 Å². The van der Waals surface area contributed by atoms with Gasteiger partial charge >= 0.3 is 5.97 Å². The van der Waals surface area contributed by atoms with Crippen molar-refractivity contribution in [1.82, 2.24) is 4.90 Å². The van der Waals surface area contributed by atoms with E-state index >= 15 is 4.39 Å². The number of carbonyl (C=O) groups is 2. The Bertz CT molecular complexity index is 1400. The second kappa shape index (κ2) is 8.22. The molecule has 1 aliphatic carbocycles. The van der Waals surface area contributed by atoms with Gasteiger partial charge in [0.2, 0.25) is 0 Å². The Morgan fingerprint density at radius 1 is 1.28 bits per heavy atom. The number of esters is 1. The minimum absolute atomic E-state index is 0. The number of rotatable bonds is 5. The number of thiophene rings is 1. The van der Waals surface area contributed by atoms with Crippen LogP contribution in [-0.2, 0) is 21.7 Å². The molecular weight excluding hydrogens is 473 g/mol. The predicted molar refractivity (Wildman–Crippen MR) is 270 cm³/mol. The molecule has 2 aromatic rings. The lowest BCUT2D eigenvalue weighted by Crippen LogP contribution is -2.63. The molecule has 316 valence electrons. The topological polar surface area (TPSA) is 46.6 Å². The number of hydrogen-bond donors (Lipinski definition) is 0. The van der Waals surface area contributed by atoms with E-state index in [1.165, 1.54) is 24.3 Å². The first kappa shape index (κ1) is 18.2. The molecule has 0 bridgehead atoms.